The summed E-state index contributed by atoms with van der Waals surface area (Å²) >= 11 is 5.79. The highest BCUT2D eigenvalue weighted by atomic mass is 35.5. The molecule has 1 amide bonds. The van der Waals surface area contributed by atoms with Gasteiger partial charge in [-0.15, -0.1) is 11.6 Å². The second-order valence-corrected chi connectivity index (χ2v) is 4.81. The first-order valence-electron chi connectivity index (χ1n) is 5.76. The minimum absolute atomic E-state index is 0.110. The monoisotopic (exact) mass is 253 g/mol. The maximum atomic E-state index is 11.8. The lowest BCUT2D eigenvalue weighted by Gasteiger charge is -2.18. The van der Waals surface area contributed by atoms with E-state index in [0.29, 0.717) is 18.8 Å². The second-order valence-electron chi connectivity index (χ2n) is 4.50. The minimum Gasteiger partial charge on any atom is -0.389 e. The van der Waals surface area contributed by atoms with Crippen LogP contribution in [0.2, 0.25) is 0 Å². The van der Waals surface area contributed by atoms with E-state index >= 15 is 0 Å². The van der Waals surface area contributed by atoms with Gasteiger partial charge in [0, 0.05) is 24.5 Å². The Morgan fingerprint density at radius 1 is 1.59 bits per heavy atom. The molecule has 0 spiro atoms. The molecule has 4 heteroatoms. The van der Waals surface area contributed by atoms with E-state index < -0.39 is 6.10 Å². The van der Waals surface area contributed by atoms with Crippen molar-refractivity contribution in [2.24, 2.45) is 5.92 Å². The number of aliphatic hydroxyl groups excluding tert-OH is 1. The third-order valence-corrected chi connectivity index (χ3v) is 3.52. The molecule has 1 aromatic carbocycles. The minimum atomic E-state index is -0.517. The normalized spacial score (nSPS) is 21.9. The van der Waals surface area contributed by atoms with Gasteiger partial charge >= 0.3 is 0 Å². The molecule has 1 aliphatic rings. The zero-order chi connectivity index (χ0) is 12.4. The molecule has 17 heavy (non-hydrogen) atoms. The van der Waals surface area contributed by atoms with Gasteiger partial charge in [0.25, 0.3) is 0 Å². The van der Waals surface area contributed by atoms with E-state index in [4.69, 9.17) is 11.6 Å². The van der Waals surface area contributed by atoms with Crippen molar-refractivity contribution < 1.29 is 9.90 Å². The number of alkyl halides is 1. The number of rotatable bonds is 3. The predicted molar refractivity (Wildman–Crippen MR) is 68.3 cm³/mol. The molecule has 1 N–H and O–H groups in total. The van der Waals surface area contributed by atoms with Crippen LogP contribution in [0.3, 0.4) is 0 Å². The van der Waals surface area contributed by atoms with Gasteiger partial charge in [0.1, 0.15) is 0 Å². The molecule has 0 radical (unpaired) electrons. The van der Waals surface area contributed by atoms with Crippen molar-refractivity contribution in [1.82, 2.24) is 0 Å². The Bertz CT molecular complexity index is 420. The maximum Gasteiger partial charge on any atom is 0.227 e. The van der Waals surface area contributed by atoms with Crippen LogP contribution >= 0.6 is 11.6 Å². The van der Waals surface area contributed by atoms with Gasteiger partial charge in [-0.2, -0.15) is 0 Å². The van der Waals surface area contributed by atoms with Crippen LogP contribution in [0.4, 0.5) is 5.69 Å². The van der Waals surface area contributed by atoms with Crippen molar-refractivity contribution in [3.05, 3.63) is 29.8 Å². The smallest absolute Gasteiger partial charge is 0.227 e. The number of nitrogens with zero attached hydrogens (tertiary/aromatic N) is 1. The number of carbonyl (C=O) groups excluding carboxylic acids is 1. The summed E-state index contributed by atoms with van der Waals surface area (Å²) in [4.78, 5) is 13.6. The second kappa shape index (κ2) is 5.07. The molecule has 2 rings (SSSR count). The van der Waals surface area contributed by atoms with Gasteiger partial charge in [0.05, 0.1) is 6.10 Å². The Morgan fingerprint density at radius 3 is 2.94 bits per heavy atom. The number of aliphatic hydroxyl groups is 1. The number of carbonyl (C=O) groups is 1. The Morgan fingerprint density at radius 2 is 2.35 bits per heavy atom. The third kappa shape index (κ3) is 2.61. The van der Waals surface area contributed by atoms with Gasteiger partial charge in [-0.05, 0) is 30.5 Å². The van der Waals surface area contributed by atoms with Crippen molar-refractivity contribution in [3.63, 3.8) is 0 Å². The van der Waals surface area contributed by atoms with Crippen LogP contribution < -0.4 is 4.90 Å². The van der Waals surface area contributed by atoms with E-state index in [9.17, 15) is 9.90 Å². The SMILES string of the molecule is CC(O)c1cccc(N2CC(CCl)CC2=O)c1. The highest BCUT2D eigenvalue weighted by Crippen LogP contribution is 2.27. The standard InChI is InChI=1S/C13H16ClNO2/c1-9(16)11-3-2-4-12(6-11)15-8-10(7-14)5-13(15)17/h2-4,6,9-10,16H,5,7-8H2,1H3. The summed E-state index contributed by atoms with van der Waals surface area (Å²) in [6.07, 6.45) is -0.000873. The highest BCUT2D eigenvalue weighted by Gasteiger charge is 2.29. The van der Waals surface area contributed by atoms with Gasteiger partial charge < -0.3 is 10.0 Å². The number of hydrogen-bond donors (Lipinski definition) is 1. The number of halogens is 1. The summed E-state index contributed by atoms with van der Waals surface area (Å²) in [6, 6.07) is 7.46. The van der Waals surface area contributed by atoms with E-state index in [-0.39, 0.29) is 11.8 Å². The molecular formula is C13H16ClNO2. The molecule has 2 atom stereocenters. The van der Waals surface area contributed by atoms with E-state index in [1.54, 1.807) is 11.8 Å². The van der Waals surface area contributed by atoms with Crippen LogP contribution in [0.1, 0.15) is 25.0 Å². The lowest BCUT2D eigenvalue weighted by Crippen LogP contribution is -2.24. The number of hydrogen-bond acceptors (Lipinski definition) is 2. The highest BCUT2D eigenvalue weighted by molar-refractivity contribution is 6.18. The average Bonchev–Trinajstić information content (AvgIpc) is 2.71. The molecular weight excluding hydrogens is 238 g/mol. The predicted octanol–water partition coefficient (Wildman–Crippen LogP) is 2.33. The first-order chi connectivity index (χ1) is 8.11. The fourth-order valence-corrected chi connectivity index (χ4v) is 2.29. The topological polar surface area (TPSA) is 40.5 Å². The molecule has 0 saturated carbocycles. The van der Waals surface area contributed by atoms with Crippen molar-refractivity contribution in [2.75, 3.05) is 17.3 Å². The van der Waals surface area contributed by atoms with E-state index in [1.165, 1.54) is 0 Å². The fraction of sp³-hybridized carbons (Fsp3) is 0.462. The van der Waals surface area contributed by atoms with Crippen molar-refractivity contribution in [2.45, 2.75) is 19.4 Å². The Kier molecular flexibility index (Phi) is 3.69. The molecule has 0 aliphatic carbocycles. The van der Waals surface area contributed by atoms with Crippen LogP contribution in [0.15, 0.2) is 24.3 Å². The Hall–Kier alpha value is -1.06. The van der Waals surface area contributed by atoms with Gasteiger partial charge in [-0.1, -0.05) is 12.1 Å². The van der Waals surface area contributed by atoms with Crippen LogP contribution in [0.5, 0.6) is 0 Å². The van der Waals surface area contributed by atoms with Crippen molar-refractivity contribution in [1.29, 1.82) is 0 Å². The Balaban J connectivity index is 2.22. The van der Waals surface area contributed by atoms with Crippen LogP contribution in [0.25, 0.3) is 0 Å². The van der Waals surface area contributed by atoms with Gasteiger partial charge in [-0.3, -0.25) is 4.79 Å². The lowest BCUT2D eigenvalue weighted by molar-refractivity contribution is -0.117. The fourth-order valence-electron chi connectivity index (χ4n) is 2.09. The molecule has 1 fully saturated rings. The molecule has 2 unspecified atom stereocenters. The van der Waals surface area contributed by atoms with Gasteiger partial charge in [0.15, 0.2) is 0 Å². The van der Waals surface area contributed by atoms with Gasteiger partial charge in [-0.25, -0.2) is 0 Å². The summed E-state index contributed by atoms with van der Waals surface area (Å²) in [5.74, 6) is 0.857. The van der Waals surface area contributed by atoms with Crippen LogP contribution in [-0.2, 0) is 4.79 Å². The Labute approximate surface area is 106 Å². The number of amides is 1. The van der Waals surface area contributed by atoms with E-state index in [0.717, 1.165) is 11.3 Å². The molecule has 1 aliphatic heterocycles. The van der Waals surface area contributed by atoms with Crippen LogP contribution in [0, 0.1) is 5.92 Å². The number of benzene rings is 1. The van der Waals surface area contributed by atoms with Gasteiger partial charge in [0.2, 0.25) is 5.91 Å². The summed E-state index contributed by atoms with van der Waals surface area (Å²) in [7, 11) is 0. The summed E-state index contributed by atoms with van der Waals surface area (Å²) < 4.78 is 0. The maximum absolute atomic E-state index is 11.8. The molecule has 1 aromatic rings. The summed E-state index contributed by atoms with van der Waals surface area (Å²) in [5, 5.41) is 9.53. The molecule has 1 heterocycles. The van der Waals surface area contributed by atoms with E-state index in [1.807, 2.05) is 24.3 Å². The molecule has 3 nitrogen and oxygen atoms in total. The quantitative estimate of drug-likeness (QED) is 0.840. The van der Waals surface area contributed by atoms with Crippen molar-refractivity contribution in [3.8, 4) is 0 Å². The summed E-state index contributed by atoms with van der Waals surface area (Å²) in [6.45, 7) is 2.39. The zero-order valence-electron chi connectivity index (χ0n) is 9.77. The molecule has 1 saturated heterocycles. The largest absolute Gasteiger partial charge is 0.389 e. The molecule has 92 valence electrons. The summed E-state index contributed by atoms with van der Waals surface area (Å²) in [5.41, 5.74) is 1.67. The molecule has 0 aromatic heterocycles. The number of anilines is 1. The van der Waals surface area contributed by atoms with E-state index in [2.05, 4.69) is 0 Å². The molecule has 0 bridgehead atoms. The zero-order valence-corrected chi connectivity index (χ0v) is 10.5. The van der Waals surface area contributed by atoms with Crippen LogP contribution in [-0.4, -0.2) is 23.4 Å². The first kappa shape index (κ1) is 12.4. The third-order valence-electron chi connectivity index (χ3n) is 3.09. The van der Waals surface area contributed by atoms with Crippen molar-refractivity contribution >= 4 is 23.2 Å². The lowest BCUT2D eigenvalue weighted by atomic mass is 10.1. The first-order valence-corrected chi connectivity index (χ1v) is 6.29. The average molecular weight is 254 g/mol.